The summed E-state index contributed by atoms with van der Waals surface area (Å²) in [5, 5.41) is 2.65. The second kappa shape index (κ2) is 7.21. The van der Waals surface area contributed by atoms with Gasteiger partial charge in [-0.05, 0) is 56.5 Å². The minimum atomic E-state index is -0.390. The molecular weight excluding hydrogens is 306 g/mol. The molecule has 2 saturated heterocycles. The lowest BCUT2D eigenvalue weighted by Crippen LogP contribution is -2.41. The van der Waals surface area contributed by atoms with Crippen LogP contribution in [0.15, 0.2) is 24.3 Å². The molecule has 2 aliphatic rings. The number of hydrogen-bond donors (Lipinski definition) is 1. The lowest BCUT2D eigenvalue weighted by molar-refractivity contribution is -0.127. The molecule has 2 aliphatic heterocycles. The van der Waals surface area contributed by atoms with E-state index in [1.807, 2.05) is 12.1 Å². The van der Waals surface area contributed by atoms with Crippen LogP contribution < -0.4 is 10.1 Å². The number of ether oxygens (including phenoxy) is 1. The number of rotatable bonds is 5. The Morgan fingerprint density at radius 2 is 1.79 bits per heavy atom. The third-order valence-electron chi connectivity index (χ3n) is 5.04. The number of piperidine rings is 1. The summed E-state index contributed by atoms with van der Waals surface area (Å²) in [6, 6.07) is 7.67. The number of amides is 3. The van der Waals surface area contributed by atoms with Gasteiger partial charge < -0.3 is 15.0 Å². The quantitative estimate of drug-likeness (QED) is 0.836. The Bertz CT molecular complexity index is 594. The van der Waals surface area contributed by atoms with E-state index in [1.54, 1.807) is 14.0 Å². The number of nitrogens with one attached hydrogen (secondary N) is 1. The number of nitrogens with zero attached hydrogens (tertiary/aromatic N) is 2. The summed E-state index contributed by atoms with van der Waals surface area (Å²) in [6.07, 6.45) is 2.20. The van der Waals surface area contributed by atoms with Crippen LogP contribution in [0.1, 0.15) is 31.2 Å². The summed E-state index contributed by atoms with van der Waals surface area (Å²) in [7, 11) is 1.68. The summed E-state index contributed by atoms with van der Waals surface area (Å²) in [5.74, 6) is 1.34. The average molecular weight is 331 g/mol. The molecule has 0 radical (unpaired) electrons. The summed E-state index contributed by atoms with van der Waals surface area (Å²) in [4.78, 5) is 27.3. The van der Waals surface area contributed by atoms with Crippen molar-refractivity contribution in [3.8, 4) is 5.75 Å². The topological polar surface area (TPSA) is 61.9 Å². The molecule has 1 aromatic carbocycles. The third kappa shape index (κ3) is 3.53. The molecule has 0 spiro atoms. The molecule has 6 nitrogen and oxygen atoms in total. The normalized spacial score (nSPS) is 22.8. The van der Waals surface area contributed by atoms with Crippen LogP contribution in [0.3, 0.4) is 0 Å². The van der Waals surface area contributed by atoms with Crippen LogP contribution >= 0.6 is 0 Å². The minimum Gasteiger partial charge on any atom is -0.497 e. The molecule has 6 heteroatoms. The molecule has 1 atom stereocenters. The summed E-state index contributed by atoms with van der Waals surface area (Å²) < 4.78 is 5.21. The molecule has 0 bridgehead atoms. The van der Waals surface area contributed by atoms with Crippen molar-refractivity contribution in [1.29, 1.82) is 0 Å². The first-order valence-corrected chi connectivity index (χ1v) is 8.56. The monoisotopic (exact) mass is 331 g/mol. The van der Waals surface area contributed by atoms with E-state index in [2.05, 4.69) is 22.3 Å². The van der Waals surface area contributed by atoms with E-state index in [0.717, 1.165) is 38.2 Å². The Kier molecular flexibility index (Phi) is 5.04. The van der Waals surface area contributed by atoms with Crippen molar-refractivity contribution in [3.63, 3.8) is 0 Å². The fourth-order valence-electron chi connectivity index (χ4n) is 3.48. The first-order chi connectivity index (χ1) is 11.6. The molecular formula is C18H25N3O3. The van der Waals surface area contributed by atoms with Crippen LogP contribution in [0.5, 0.6) is 5.75 Å². The maximum absolute atomic E-state index is 11.9. The van der Waals surface area contributed by atoms with Gasteiger partial charge >= 0.3 is 6.03 Å². The van der Waals surface area contributed by atoms with E-state index < -0.39 is 6.04 Å². The minimum absolute atomic E-state index is 0.117. The smallest absolute Gasteiger partial charge is 0.324 e. The van der Waals surface area contributed by atoms with Gasteiger partial charge in [0.1, 0.15) is 11.8 Å². The number of urea groups is 1. The van der Waals surface area contributed by atoms with Crippen LogP contribution in [-0.2, 0) is 4.79 Å². The zero-order valence-electron chi connectivity index (χ0n) is 14.3. The molecule has 0 saturated carbocycles. The molecule has 130 valence electrons. The van der Waals surface area contributed by atoms with Crippen molar-refractivity contribution in [2.75, 3.05) is 33.3 Å². The average Bonchev–Trinajstić information content (AvgIpc) is 2.86. The van der Waals surface area contributed by atoms with Gasteiger partial charge in [0.15, 0.2) is 0 Å². The molecule has 3 rings (SSSR count). The maximum atomic E-state index is 11.9. The largest absolute Gasteiger partial charge is 0.497 e. The predicted molar refractivity (Wildman–Crippen MR) is 91.1 cm³/mol. The van der Waals surface area contributed by atoms with Gasteiger partial charge in [-0.15, -0.1) is 0 Å². The van der Waals surface area contributed by atoms with Gasteiger partial charge in [0.05, 0.1) is 7.11 Å². The van der Waals surface area contributed by atoms with Crippen LogP contribution in [0, 0.1) is 0 Å². The zero-order valence-corrected chi connectivity index (χ0v) is 14.3. The number of likely N-dealkylation sites (tertiary alicyclic amines) is 1. The van der Waals surface area contributed by atoms with Gasteiger partial charge in [0, 0.05) is 13.1 Å². The van der Waals surface area contributed by atoms with Gasteiger partial charge in [-0.1, -0.05) is 12.1 Å². The van der Waals surface area contributed by atoms with Crippen LogP contribution in [0.2, 0.25) is 0 Å². The highest BCUT2D eigenvalue weighted by molar-refractivity contribution is 6.03. The summed E-state index contributed by atoms with van der Waals surface area (Å²) >= 11 is 0. The third-order valence-corrected chi connectivity index (χ3v) is 5.04. The summed E-state index contributed by atoms with van der Waals surface area (Å²) in [5.41, 5.74) is 1.36. The van der Waals surface area contributed by atoms with Crippen LogP contribution in [0.4, 0.5) is 4.79 Å². The number of carbonyl (C=O) groups excluding carboxylic acids is 2. The van der Waals surface area contributed by atoms with Crippen molar-refractivity contribution >= 4 is 11.9 Å². The number of benzene rings is 1. The van der Waals surface area contributed by atoms with Crippen molar-refractivity contribution in [2.45, 2.75) is 31.7 Å². The Hall–Kier alpha value is -2.08. The van der Waals surface area contributed by atoms with Crippen LogP contribution in [0.25, 0.3) is 0 Å². The zero-order chi connectivity index (χ0) is 17.1. The Labute approximate surface area is 142 Å². The fourth-order valence-corrected chi connectivity index (χ4v) is 3.48. The highest BCUT2D eigenvalue weighted by Crippen LogP contribution is 2.29. The SMILES string of the molecule is COc1ccc(C2CCN(CCN3C(=O)NC(C)C3=O)CC2)cc1. The lowest BCUT2D eigenvalue weighted by atomic mass is 9.89. The highest BCUT2D eigenvalue weighted by Gasteiger charge is 2.35. The molecule has 24 heavy (non-hydrogen) atoms. The Morgan fingerprint density at radius 1 is 1.12 bits per heavy atom. The fraction of sp³-hybridized carbons (Fsp3) is 0.556. The van der Waals surface area contributed by atoms with E-state index in [1.165, 1.54) is 10.5 Å². The maximum Gasteiger partial charge on any atom is 0.324 e. The van der Waals surface area contributed by atoms with Gasteiger partial charge in [-0.3, -0.25) is 9.69 Å². The number of methoxy groups -OCH3 is 1. The lowest BCUT2D eigenvalue weighted by Gasteiger charge is -2.32. The van der Waals surface area contributed by atoms with Crippen molar-refractivity contribution in [3.05, 3.63) is 29.8 Å². The van der Waals surface area contributed by atoms with Gasteiger partial charge in [0.25, 0.3) is 5.91 Å². The standard InChI is InChI=1S/C18H25N3O3/c1-13-17(22)21(18(23)19-13)12-11-20-9-7-15(8-10-20)14-3-5-16(24-2)6-4-14/h3-6,13,15H,7-12H2,1-2H3,(H,19,23). The molecule has 0 aromatic heterocycles. The molecule has 1 N–H and O–H groups in total. The van der Waals surface area contributed by atoms with E-state index in [0.29, 0.717) is 12.5 Å². The van der Waals surface area contributed by atoms with Gasteiger partial charge in [-0.2, -0.15) is 0 Å². The number of hydrogen-bond acceptors (Lipinski definition) is 4. The second-order valence-corrected chi connectivity index (χ2v) is 6.55. The second-order valence-electron chi connectivity index (χ2n) is 6.55. The first kappa shape index (κ1) is 16.8. The van der Waals surface area contributed by atoms with E-state index in [9.17, 15) is 9.59 Å². The van der Waals surface area contributed by atoms with E-state index >= 15 is 0 Å². The first-order valence-electron chi connectivity index (χ1n) is 8.56. The molecule has 2 heterocycles. The summed E-state index contributed by atoms with van der Waals surface area (Å²) in [6.45, 7) is 4.94. The molecule has 3 amide bonds. The molecule has 0 aliphatic carbocycles. The van der Waals surface area contributed by atoms with E-state index in [-0.39, 0.29) is 11.9 Å². The van der Waals surface area contributed by atoms with Crippen molar-refractivity contribution in [2.24, 2.45) is 0 Å². The van der Waals surface area contributed by atoms with Gasteiger partial charge in [-0.25, -0.2) is 4.79 Å². The Balaban J connectivity index is 1.47. The van der Waals surface area contributed by atoms with Crippen LogP contribution in [-0.4, -0.2) is 61.1 Å². The van der Waals surface area contributed by atoms with Gasteiger partial charge in [0.2, 0.25) is 0 Å². The number of carbonyl (C=O) groups is 2. The molecule has 1 unspecified atom stereocenters. The molecule has 1 aromatic rings. The van der Waals surface area contributed by atoms with Crippen molar-refractivity contribution < 1.29 is 14.3 Å². The van der Waals surface area contributed by atoms with E-state index in [4.69, 9.17) is 4.74 Å². The van der Waals surface area contributed by atoms with Crippen molar-refractivity contribution in [1.82, 2.24) is 15.1 Å². The highest BCUT2D eigenvalue weighted by atomic mass is 16.5. The predicted octanol–water partition coefficient (Wildman–Crippen LogP) is 1.81. The Morgan fingerprint density at radius 3 is 2.33 bits per heavy atom. The molecule has 2 fully saturated rings. The number of imide groups is 1.